The lowest BCUT2D eigenvalue weighted by Crippen LogP contribution is -2.63. The van der Waals surface area contributed by atoms with Crippen LogP contribution in [-0.2, 0) is 31.2 Å². The monoisotopic (exact) mass is 584 g/mol. The van der Waals surface area contributed by atoms with E-state index in [1.54, 1.807) is 50.8 Å². The van der Waals surface area contributed by atoms with Crippen LogP contribution in [-0.4, -0.2) is 53.3 Å². The second-order valence-electron chi connectivity index (χ2n) is 11.5. The van der Waals surface area contributed by atoms with Gasteiger partial charge in [0.1, 0.15) is 12.2 Å². The van der Waals surface area contributed by atoms with Gasteiger partial charge in [-0.1, -0.05) is 54.1 Å². The highest BCUT2D eigenvalue weighted by atomic mass is 35.5. The third-order valence-corrected chi connectivity index (χ3v) is 7.25. The quantitative estimate of drug-likeness (QED) is 0.443. The summed E-state index contributed by atoms with van der Waals surface area (Å²) in [4.78, 5) is 44.8. The van der Waals surface area contributed by atoms with Gasteiger partial charge in [-0.25, -0.2) is 9.59 Å². The molecule has 41 heavy (non-hydrogen) atoms. The highest BCUT2D eigenvalue weighted by Gasteiger charge is 2.45. The number of carbonyl (C=O) groups excluding carboxylic acids is 3. The van der Waals surface area contributed by atoms with Crippen LogP contribution >= 0.6 is 11.6 Å². The summed E-state index contributed by atoms with van der Waals surface area (Å²) >= 11 is 6.80. The molecule has 2 aliphatic rings. The summed E-state index contributed by atoms with van der Waals surface area (Å²) in [5.74, 6) is -0.127. The molecule has 4 rings (SSSR count). The van der Waals surface area contributed by atoms with E-state index in [-0.39, 0.29) is 42.1 Å². The third-order valence-electron chi connectivity index (χ3n) is 6.85. The molecule has 2 fully saturated rings. The van der Waals surface area contributed by atoms with Crippen LogP contribution in [0.4, 0.5) is 15.3 Å². The van der Waals surface area contributed by atoms with Crippen molar-refractivity contribution in [3.05, 3.63) is 64.7 Å². The lowest BCUT2D eigenvalue weighted by Gasteiger charge is -2.46. The SMILES string of the molecule is C[C@H]1C[C@H](N2C(=O)C[C@@](C)(c3cccc(NC(=O)OCc4ccccc4)c3Cl)N/C2=N\C(=O)OC(C)(C)C)CCO1. The van der Waals surface area contributed by atoms with Crippen LogP contribution in [0.2, 0.25) is 5.02 Å². The van der Waals surface area contributed by atoms with Gasteiger partial charge in [0.2, 0.25) is 11.9 Å². The van der Waals surface area contributed by atoms with Crippen molar-refractivity contribution in [3.8, 4) is 0 Å². The molecule has 0 radical (unpaired) electrons. The average molecular weight is 585 g/mol. The zero-order chi connectivity index (χ0) is 29.8. The summed E-state index contributed by atoms with van der Waals surface area (Å²) in [6.45, 7) is 9.58. The van der Waals surface area contributed by atoms with Crippen molar-refractivity contribution in [1.82, 2.24) is 10.2 Å². The second-order valence-corrected chi connectivity index (χ2v) is 11.9. The van der Waals surface area contributed by atoms with E-state index in [1.165, 1.54) is 0 Å². The number of rotatable bonds is 5. The zero-order valence-corrected chi connectivity index (χ0v) is 24.8. The Labute approximate surface area is 245 Å². The van der Waals surface area contributed by atoms with Gasteiger partial charge >= 0.3 is 12.2 Å². The number of hydrogen-bond donors (Lipinski definition) is 2. The van der Waals surface area contributed by atoms with Crippen molar-refractivity contribution in [2.24, 2.45) is 4.99 Å². The smallest absolute Gasteiger partial charge is 0.437 e. The van der Waals surface area contributed by atoms with Crippen LogP contribution in [0.5, 0.6) is 0 Å². The fourth-order valence-electron chi connectivity index (χ4n) is 4.98. The first-order chi connectivity index (χ1) is 19.3. The van der Waals surface area contributed by atoms with E-state index in [9.17, 15) is 14.4 Å². The summed E-state index contributed by atoms with van der Waals surface area (Å²) in [7, 11) is 0. The topological polar surface area (TPSA) is 119 Å². The van der Waals surface area contributed by atoms with Gasteiger partial charge in [-0.05, 0) is 64.7 Å². The molecule has 0 aliphatic carbocycles. The largest absolute Gasteiger partial charge is 0.444 e. The average Bonchev–Trinajstić information content (AvgIpc) is 2.88. The Bertz CT molecular complexity index is 1310. The minimum atomic E-state index is -1.05. The molecule has 220 valence electrons. The molecular formula is C30H37ClN4O6. The summed E-state index contributed by atoms with van der Waals surface area (Å²) in [6, 6.07) is 14.3. The standard InChI is InChI=1S/C30H37ClN4O6/c1-19-16-21(14-15-39-19)35-24(36)17-30(5,34-26(35)33-28(38)41-29(2,3)4)22-12-9-13-23(25(22)31)32-27(37)40-18-20-10-7-6-8-11-20/h6-13,19,21H,14-18H2,1-5H3,(H,32,37)(H,33,34,38)/t19-,21+,30-/m0/s1. The van der Waals surface area contributed by atoms with Gasteiger partial charge in [0, 0.05) is 12.6 Å². The Morgan fingerprint density at radius 3 is 2.61 bits per heavy atom. The lowest BCUT2D eigenvalue weighted by atomic mass is 9.85. The Kier molecular flexibility index (Phi) is 9.24. The van der Waals surface area contributed by atoms with E-state index in [0.717, 1.165) is 5.56 Å². The molecule has 0 bridgehead atoms. The maximum Gasteiger partial charge on any atom is 0.437 e. The number of carbonyl (C=O) groups is 3. The van der Waals surface area contributed by atoms with E-state index >= 15 is 0 Å². The molecule has 11 heteroatoms. The van der Waals surface area contributed by atoms with Gasteiger partial charge in [-0.2, -0.15) is 0 Å². The number of nitrogens with zero attached hydrogens (tertiary/aromatic N) is 2. The van der Waals surface area contributed by atoms with Gasteiger partial charge in [0.05, 0.1) is 28.8 Å². The summed E-state index contributed by atoms with van der Waals surface area (Å²) in [5.41, 5.74) is -0.0949. The van der Waals surface area contributed by atoms with E-state index in [4.69, 9.17) is 25.8 Å². The van der Waals surface area contributed by atoms with Gasteiger partial charge in [-0.15, -0.1) is 4.99 Å². The van der Waals surface area contributed by atoms with Crippen molar-refractivity contribution >= 4 is 41.3 Å². The molecule has 0 saturated carbocycles. The molecule has 2 aromatic carbocycles. The first-order valence-corrected chi connectivity index (χ1v) is 14.0. The number of amides is 3. The lowest BCUT2D eigenvalue weighted by molar-refractivity contribution is -0.134. The van der Waals surface area contributed by atoms with Gasteiger partial charge in [0.15, 0.2) is 0 Å². The number of guanidine groups is 1. The molecule has 2 N–H and O–H groups in total. The van der Waals surface area contributed by atoms with Crippen LogP contribution in [0.1, 0.15) is 65.0 Å². The molecule has 0 aromatic heterocycles. The molecule has 2 aromatic rings. The normalized spacial score (nSPS) is 24.0. The van der Waals surface area contributed by atoms with Crippen molar-refractivity contribution in [2.45, 2.75) is 83.8 Å². The number of nitrogens with one attached hydrogen (secondary N) is 2. The molecule has 2 aliphatic heterocycles. The minimum absolute atomic E-state index is 0.0354. The summed E-state index contributed by atoms with van der Waals surface area (Å²) in [6.07, 6.45) is -0.289. The van der Waals surface area contributed by atoms with Crippen LogP contribution in [0, 0.1) is 0 Å². The fourth-order valence-corrected chi connectivity index (χ4v) is 5.36. The molecule has 2 heterocycles. The van der Waals surface area contributed by atoms with Crippen molar-refractivity contribution in [3.63, 3.8) is 0 Å². The molecule has 3 atom stereocenters. The first-order valence-electron chi connectivity index (χ1n) is 13.6. The molecule has 2 saturated heterocycles. The van der Waals surface area contributed by atoms with Crippen molar-refractivity contribution in [1.29, 1.82) is 0 Å². The number of benzene rings is 2. The third kappa shape index (κ3) is 7.77. The Morgan fingerprint density at radius 2 is 1.93 bits per heavy atom. The number of aliphatic imine (C=N–C) groups is 1. The summed E-state index contributed by atoms with van der Waals surface area (Å²) < 4.78 is 16.4. The number of ether oxygens (including phenoxy) is 3. The van der Waals surface area contributed by atoms with E-state index in [1.807, 2.05) is 37.3 Å². The Hall–Kier alpha value is -3.63. The minimum Gasteiger partial charge on any atom is -0.444 e. The van der Waals surface area contributed by atoms with Gasteiger partial charge in [-0.3, -0.25) is 15.0 Å². The number of hydrogen-bond acceptors (Lipinski definition) is 6. The van der Waals surface area contributed by atoms with Crippen molar-refractivity contribution < 1.29 is 28.6 Å². The Balaban J connectivity index is 1.59. The van der Waals surface area contributed by atoms with Gasteiger partial charge < -0.3 is 19.5 Å². The zero-order valence-electron chi connectivity index (χ0n) is 24.0. The number of halogens is 1. The van der Waals surface area contributed by atoms with E-state index in [0.29, 0.717) is 30.7 Å². The molecule has 10 nitrogen and oxygen atoms in total. The molecular weight excluding hydrogens is 548 g/mol. The molecule has 0 spiro atoms. The van der Waals surface area contributed by atoms with Gasteiger partial charge in [0.25, 0.3) is 0 Å². The van der Waals surface area contributed by atoms with Crippen molar-refractivity contribution in [2.75, 3.05) is 11.9 Å². The predicted octanol–water partition coefficient (Wildman–Crippen LogP) is 5.98. The summed E-state index contributed by atoms with van der Waals surface area (Å²) in [5, 5.41) is 6.23. The fraction of sp³-hybridized carbons (Fsp3) is 0.467. The second kappa shape index (κ2) is 12.5. The van der Waals surface area contributed by atoms with Crippen LogP contribution < -0.4 is 10.6 Å². The van der Waals surface area contributed by atoms with Crippen LogP contribution in [0.25, 0.3) is 0 Å². The van der Waals surface area contributed by atoms with Crippen LogP contribution in [0.15, 0.2) is 53.5 Å². The predicted molar refractivity (Wildman–Crippen MR) is 156 cm³/mol. The van der Waals surface area contributed by atoms with E-state index < -0.39 is 23.3 Å². The maximum atomic E-state index is 13.7. The van der Waals surface area contributed by atoms with E-state index in [2.05, 4.69) is 15.6 Å². The highest BCUT2D eigenvalue weighted by molar-refractivity contribution is 6.34. The van der Waals surface area contributed by atoms with Crippen LogP contribution in [0.3, 0.4) is 0 Å². The first kappa shape index (κ1) is 30.3. The molecule has 3 amide bonds. The number of anilines is 1. The highest BCUT2D eigenvalue weighted by Crippen LogP contribution is 2.39. The maximum absolute atomic E-state index is 13.7. The Morgan fingerprint density at radius 1 is 1.20 bits per heavy atom. The molecule has 0 unspecified atom stereocenters.